The third kappa shape index (κ3) is 1.86. The molecule has 0 radical (unpaired) electrons. The van der Waals surface area contributed by atoms with Crippen LogP contribution in [0, 0.1) is 0 Å². The summed E-state index contributed by atoms with van der Waals surface area (Å²) in [5.74, 6) is 1.49. The van der Waals surface area contributed by atoms with E-state index in [9.17, 15) is 0 Å². The smallest absolute Gasteiger partial charge is 0.191 e. The van der Waals surface area contributed by atoms with Crippen molar-refractivity contribution in [2.24, 2.45) is 7.05 Å². The highest BCUT2D eigenvalue weighted by atomic mass is 32.1. The van der Waals surface area contributed by atoms with Gasteiger partial charge in [-0.1, -0.05) is 6.07 Å². The molecule has 6 heteroatoms. The van der Waals surface area contributed by atoms with Crippen molar-refractivity contribution < 1.29 is 0 Å². The van der Waals surface area contributed by atoms with Gasteiger partial charge in [-0.25, -0.2) is 9.67 Å². The van der Waals surface area contributed by atoms with Gasteiger partial charge in [0.1, 0.15) is 0 Å². The van der Waals surface area contributed by atoms with Crippen molar-refractivity contribution in [1.82, 2.24) is 19.7 Å². The molecule has 0 aliphatic rings. The van der Waals surface area contributed by atoms with E-state index in [0.717, 1.165) is 22.1 Å². The first-order valence-corrected chi connectivity index (χ1v) is 6.28. The predicted octanol–water partition coefficient (Wildman–Crippen LogP) is 2.19. The molecule has 18 heavy (non-hydrogen) atoms. The Bertz CT molecular complexity index is 672. The topological polar surface area (TPSA) is 69.6 Å². The van der Waals surface area contributed by atoms with Gasteiger partial charge in [-0.15, -0.1) is 16.4 Å². The van der Waals surface area contributed by atoms with Crippen LogP contribution in [-0.4, -0.2) is 19.7 Å². The van der Waals surface area contributed by atoms with Crippen LogP contribution in [0.5, 0.6) is 0 Å². The lowest BCUT2D eigenvalue weighted by Gasteiger charge is -1.99. The number of anilines is 1. The summed E-state index contributed by atoms with van der Waals surface area (Å²) in [6.45, 7) is 0. The monoisotopic (exact) mass is 257 g/mol. The average molecular weight is 257 g/mol. The number of nitrogens with zero attached hydrogens (tertiary/aromatic N) is 4. The second-order valence-corrected chi connectivity index (χ2v) is 4.81. The van der Waals surface area contributed by atoms with Crippen LogP contribution >= 0.6 is 11.3 Å². The van der Waals surface area contributed by atoms with Gasteiger partial charge in [0.25, 0.3) is 0 Å². The molecule has 0 saturated heterocycles. The molecule has 0 aliphatic carbocycles. The molecule has 0 saturated carbocycles. The van der Waals surface area contributed by atoms with Crippen molar-refractivity contribution in [2.75, 3.05) is 5.73 Å². The van der Waals surface area contributed by atoms with Crippen LogP contribution in [0.25, 0.3) is 22.1 Å². The summed E-state index contributed by atoms with van der Waals surface area (Å²) in [6, 6.07) is 5.83. The lowest BCUT2D eigenvalue weighted by Crippen LogP contribution is -1.96. The van der Waals surface area contributed by atoms with E-state index in [4.69, 9.17) is 5.73 Å². The maximum absolute atomic E-state index is 5.73. The SMILES string of the molecule is Cn1nc(-c2cccs2)nc1-c1cncc(N)c1. The molecular weight excluding hydrogens is 246 g/mol. The van der Waals surface area contributed by atoms with E-state index >= 15 is 0 Å². The number of nitrogen functional groups attached to an aromatic ring is 1. The minimum absolute atomic E-state index is 0.619. The third-order valence-electron chi connectivity index (χ3n) is 2.52. The average Bonchev–Trinajstić information content (AvgIpc) is 2.97. The Kier molecular flexibility index (Phi) is 2.56. The number of hydrogen-bond donors (Lipinski definition) is 1. The number of thiophene rings is 1. The van der Waals surface area contributed by atoms with Crippen LogP contribution in [0.3, 0.4) is 0 Å². The summed E-state index contributed by atoms with van der Waals surface area (Å²) in [5.41, 5.74) is 7.22. The molecule has 0 spiro atoms. The Morgan fingerprint density at radius 2 is 2.22 bits per heavy atom. The van der Waals surface area contributed by atoms with Crippen molar-refractivity contribution in [2.45, 2.75) is 0 Å². The van der Waals surface area contributed by atoms with E-state index in [-0.39, 0.29) is 0 Å². The van der Waals surface area contributed by atoms with Crippen molar-refractivity contribution >= 4 is 17.0 Å². The summed E-state index contributed by atoms with van der Waals surface area (Å²) < 4.78 is 1.74. The van der Waals surface area contributed by atoms with Gasteiger partial charge in [0.15, 0.2) is 11.6 Å². The minimum Gasteiger partial charge on any atom is -0.397 e. The molecule has 2 N–H and O–H groups in total. The summed E-state index contributed by atoms with van der Waals surface area (Å²) in [7, 11) is 1.86. The van der Waals surface area contributed by atoms with Crippen LogP contribution in [0.4, 0.5) is 5.69 Å². The Labute approximate surface area is 108 Å². The normalized spacial score (nSPS) is 10.7. The number of aromatic nitrogens is 4. The van der Waals surface area contributed by atoms with Gasteiger partial charge in [-0.3, -0.25) is 4.98 Å². The van der Waals surface area contributed by atoms with E-state index < -0.39 is 0 Å². The quantitative estimate of drug-likeness (QED) is 0.764. The molecular formula is C12H11N5S. The molecule has 90 valence electrons. The molecule has 0 aromatic carbocycles. The molecule has 3 aromatic heterocycles. The maximum Gasteiger partial charge on any atom is 0.191 e. The molecule has 0 unspecified atom stereocenters. The fourth-order valence-electron chi connectivity index (χ4n) is 1.73. The fourth-order valence-corrected chi connectivity index (χ4v) is 2.38. The summed E-state index contributed by atoms with van der Waals surface area (Å²) >= 11 is 1.62. The zero-order chi connectivity index (χ0) is 12.5. The molecule has 0 aliphatic heterocycles. The fraction of sp³-hybridized carbons (Fsp3) is 0.0833. The molecule has 0 bridgehead atoms. The molecule has 5 nitrogen and oxygen atoms in total. The zero-order valence-corrected chi connectivity index (χ0v) is 10.6. The Hall–Kier alpha value is -2.21. The lowest BCUT2D eigenvalue weighted by molar-refractivity contribution is 0.777. The van der Waals surface area contributed by atoms with E-state index in [2.05, 4.69) is 15.1 Å². The zero-order valence-electron chi connectivity index (χ0n) is 9.74. The summed E-state index contributed by atoms with van der Waals surface area (Å²) in [4.78, 5) is 9.65. The number of nitrogens with two attached hydrogens (primary N) is 1. The van der Waals surface area contributed by atoms with E-state index in [1.54, 1.807) is 28.4 Å². The van der Waals surface area contributed by atoms with Crippen LogP contribution in [-0.2, 0) is 7.05 Å². The van der Waals surface area contributed by atoms with Gasteiger partial charge in [-0.05, 0) is 17.5 Å². The van der Waals surface area contributed by atoms with Crippen LogP contribution in [0.2, 0.25) is 0 Å². The molecule has 0 fully saturated rings. The first-order chi connectivity index (χ1) is 8.74. The van der Waals surface area contributed by atoms with Crippen molar-refractivity contribution in [3.05, 3.63) is 36.0 Å². The highest BCUT2D eigenvalue weighted by Gasteiger charge is 2.12. The molecule has 0 atom stereocenters. The largest absolute Gasteiger partial charge is 0.397 e. The predicted molar refractivity (Wildman–Crippen MR) is 72.0 cm³/mol. The van der Waals surface area contributed by atoms with Crippen LogP contribution < -0.4 is 5.73 Å². The number of rotatable bonds is 2. The van der Waals surface area contributed by atoms with Crippen molar-refractivity contribution in [3.8, 4) is 22.1 Å². The number of hydrogen-bond acceptors (Lipinski definition) is 5. The molecule has 3 heterocycles. The van der Waals surface area contributed by atoms with E-state index in [0.29, 0.717) is 5.69 Å². The van der Waals surface area contributed by atoms with Gasteiger partial charge >= 0.3 is 0 Å². The van der Waals surface area contributed by atoms with Crippen molar-refractivity contribution in [1.29, 1.82) is 0 Å². The first-order valence-electron chi connectivity index (χ1n) is 5.40. The molecule has 3 aromatic rings. The second-order valence-electron chi connectivity index (χ2n) is 3.87. The molecule has 0 amide bonds. The lowest BCUT2D eigenvalue weighted by atomic mass is 10.2. The Morgan fingerprint density at radius 1 is 1.33 bits per heavy atom. The van der Waals surface area contributed by atoms with Crippen LogP contribution in [0.1, 0.15) is 0 Å². The minimum atomic E-state index is 0.619. The maximum atomic E-state index is 5.73. The van der Waals surface area contributed by atoms with Gasteiger partial charge in [0, 0.05) is 25.0 Å². The second kappa shape index (κ2) is 4.23. The third-order valence-corrected chi connectivity index (χ3v) is 3.39. The summed E-state index contributed by atoms with van der Waals surface area (Å²) in [6.07, 6.45) is 3.35. The van der Waals surface area contributed by atoms with Gasteiger partial charge in [0.2, 0.25) is 0 Å². The van der Waals surface area contributed by atoms with Gasteiger partial charge in [0.05, 0.1) is 10.6 Å². The Balaban J connectivity index is 2.09. The number of aryl methyl sites for hydroxylation is 1. The summed E-state index contributed by atoms with van der Waals surface area (Å²) in [5, 5.41) is 6.41. The van der Waals surface area contributed by atoms with E-state index in [1.165, 1.54) is 0 Å². The van der Waals surface area contributed by atoms with Crippen molar-refractivity contribution in [3.63, 3.8) is 0 Å². The van der Waals surface area contributed by atoms with Gasteiger partial charge < -0.3 is 5.73 Å². The van der Waals surface area contributed by atoms with Crippen LogP contribution in [0.15, 0.2) is 36.0 Å². The highest BCUT2D eigenvalue weighted by molar-refractivity contribution is 7.13. The highest BCUT2D eigenvalue weighted by Crippen LogP contribution is 2.25. The first kappa shape index (κ1) is 10.9. The standard InChI is InChI=1S/C12H11N5S/c1-17-12(8-5-9(13)7-14-6-8)15-11(16-17)10-3-2-4-18-10/h2-7H,13H2,1H3. The van der Waals surface area contributed by atoms with Gasteiger partial charge in [-0.2, -0.15) is 0 Å². The number of pyridine rings is 1. The van der Waals surface area contributed by atoms with E-state index in [1.807, 2.05) is 30.6 Å². The molecule has 3 rings (SSSR count). The Morgan fingerprint density at radius 3 is 2.94 bits per heavy atom.